The van der Waals surface area contributed by atoms with Crippen molar-refractivity contribution in [2.45, 2.75) is 65.4 Å². The standard InChI is InChI=1S/C15H27NO4/c1-13(2)5-7-15(20,8-6-13)10-16-11(17)9-14(3,4)12(18)19/h20H,5-10H2,1-4H3,(H,16,17)(H,18,19). The third kappa shape index (κ3) is 4.78. The lowest BCUT2D eigenvalue weighted by Gasteiger charge is -2.40. The molecule has 0 aromatic carbocycles. The smallest absolute Gasteiger partial charge is 0.309 e. The minimum atomic E-state index is -1.08. The number of hydrogen-bond acceptors (Lipinski definition) is 3. The van der Waals surface area contributed by atoms with Crippen LogP contribution in [0.3, 0.4) is 0 Å². The van der Waals surface area contributed by atoms with Gasteiger partial charge in [0, 0.05) is 13.0 Å². The van der Waals surface area contributed by atoms with E-state index in [1.54, 1.807) is 0 Å². The molecule has 0 aromatic rings. The summed E-state index contributed by atoms with van der Waals surface area (Å²) in [5.41, 5.74) is -1.68. The van der Waals surface area contributed by atoms with E-state index in [0.717, 1.165) is 12.8 Å². The summed E-state index contributed by atoms with van der Waals surface area (Å²) in [5, 5.41) is 22.1. The monoisotopic (exact) mass is 285 g/mol. The van der Waals surface area contributed by atoms with E-state index in [1.807, 2.05) is 0 Å². The van der Waals surface area contributed by atoms with Gasteiger partial charge in [0.05, 0.1) is 11.0 Å². The fraction of sp³-hybridized carbons (Fsp3) is 0.867. The van der Waals surface area contributed by atoms with Crippen LogP contribution >= 0.6 is 0 Å². The van der Waals surface area contributed by atoms with Crippen LogP contribution in [0.15, 0.2) is 0 Å². The van der Waals surface area contributed by atoms with E-state index >= 15 is 0 Å². The second-order valence-electron chi connectivity index (χ2n) is 7.53. The Bertz CT molecular complexity index is 377. The Hall–Kier alpha value is -1.10. The topological polar surface area (TPSA) is 86.6 Å². The highest BCUT2D eigenvalue weighted by Gasteiger charge is 2.37. The number of hydrogen-bond donors (Lipinski definition) is 3. The number of rotatable bonds is 5. The molecular weight excluding hydrogens is 258 g/mol. The van der Waals surface area contributed by atoms with Gasteiger partial charge >= 0.3 is 5.97 Å². The van der Waals surface area contributed by atoms with Crippen molar-refractivity contribution in [3.8, 4) is 0 Å². The molecule has 5 heteroatoms. The summed E-state index contributed by atoms with van der Waals surface area (Å²) < 4.78 is 0. The molecule has 1 amide bonds. The van der Waals surface area contributed by atoms with Crippen molar-refractivity contribution < 1.29 is 19.8 Å². The lowest BCUT2D eigenvalue weighted by atomic mass is 9.71. The molecular formula is C15H27NO4. The molecule has 1 rings (SSSR count). The second kappa shape index (κ2) is 5.72. The van der Waals surface area contributed by atoms with Crippen LogP contribution in [0, 0.1) is 10.8 Å². The van der Waals surface area contributed by atoms with Gasteiger partial charge in [-0.05, 0) is 44.9 Å². The van der Waals surface area contributed by atoms with E-state index in [0.29, 0.717) is 12.8 Å². The molecule has 1 fully saturated rings. The van der Waals surface area contributed by atoms with Gasteiger partial charge in [-0.2, -0.15) is 0 Å². The summed E-state index contributed by atoms with van der Waals surface area (Å²) in [6, 6.07) is 0. The Labute approximate surface area is 120 Å². The van der Waals surface area contributed by atoms with Crippen LogP contribution < -0.4 is 5.32 Å². The molecule has 0 aromatic heterocycles. The molecule has 0 bridgehead atoms. The van der Waals surface area contributed by atoms with Crippen molar-refractivity contribution in [1.29, 1.82) is 0 Å². The Kier molecular flexibility index (Phi) is 4.85. The van der Waals surface area contributed by atoms with E-state index in [9.17, 15) is 14.7 Å². The molecule has 1 aliphatic carbocycles. The third-order valence-electron chi connectivity index (χ3n) is 4.33. The summed E-state index contributed by atoms with van der Waals surface area (Å²) >= 11 is 0. The molecule has 1 saturated carbocycles. The highest BCUT2D eigenvalue weighted by Crippen LogP contribution is 2.39. The first-order valence-corrected chi connectivity index (χ1v) is 7.18. The lowest BCUT2D eigenvalue weighted by molar-refractivity contribution is -0.149. The molecule has 0 unspecified atom stereocenters. The number of carboxylic acid groups (broad SMARTS) is 1. The number of aliphatic hydroxyl groups is 1. The molecule has 0 spiro atoms. The molecule has 116 valence electrons. The largest absolute Gasteiger partial charge is 0.481 e. The van der Waals surface area contributed by atoms with E-state index < -0.39 is 17.0 Å². The molecule has 3 N–H and O–H groups in total. The van der Waals surface area contributed by atoms with Crippen LogP contribution in [0.5, 0.6) is 0 Å². The van der Waals surface area contributed by atoms with Crippen LogP contribution in [-0.4, -0.2) is 34.2 Å². The number of carbonyl (C=O) groups is 2. The van der Waals surface area contributed by atoms with E-state index in [1.165, 1.54) is 13.8 Å². The zero-order valence-corrected chi connectivity index (χ0v) is 13.0. The summed E-state index contributed by atoms with van der Waals surface area (Å²) in [5.74, 6) is -1.32. The fourth-order valence-corrected chi connectivity index (χ4v) is 2.37. The van der Waals surface area contributed by atoms with Crippen molar-refractivity contribution in [1.82, 2.24) is 5.32 Å². The number of amides is 1. The maximum Gasteiger partial charge on any atom is 0.309 e. The van der Waals surface area contributed by atoms with Gasteiger partial charge < -0.3 is 15.5 Å². The van der Waals surface area contributed by atoms with Crippen LogP contribution in [0.4, 0.5) is 0 Å². The highest BCUT2D eigenvalue weighted by molar-refractivity contribution is 5.84. The number of carboxylic acids is 1. The quantitative estimate of drug-likeness (QED) is 0.720. The summed E-state index contributed by atoms with van der Waals surface area (Å²) in [6.07, 6.45) is 3.12. The average molecular weight is 285 g/mol. The Balaban J connectivity index is 2.44. The number of nitrogens with one attached hydrogen (secondary N) is 1. The van der Waals surface area contributed by atoms with Gasteiger partial charge in [0.2, 0.25) is 5.91 Å². The van der Waals surface area contributed by atoms with Crippen molar-refractivity contribution in [2.24, 2.45) is 10.8 Å². The van der Waals surface area contributed by atoms with Gasteiger partial charge in [0.25, 0.3) is 0 Å². The normalized spacial score (nSPS) is 21.2. The predicted octanol–water partition coefficient (Wildman–Crippen LogP) is 1.93. The summed E-state index contributed by atoms with van der Waals surface area (Å²) in [6.45, 7) is 7.61. The van der Waals surface area contributed by atoms with Gasteiger partial charge in [-0.1, -0.05) is 13.8 Å². The Morgan fingerprint density at radius 1 is 1.15 bits per heavy atom. The van der Waals surface area contributed by atoms with Gasteiger partial charge in [-0.25, -0.2) is 0 Å². The van der Waals surface area contributed by atoms with Crippen LogP contribution in [0.2, 0.25) is 0 Å². The third-order valence-corrected chi connectivity index (χ3v) is 4.33. The SMILES string of the molecule is CC1(C)CCC(O)(CNC(=O)CC(C)(C)C(=O)O)CC1. The number of carbonyl (C=O) groups excluding carboxylic acids is 1. The maximum atomic E-state index is 11.8. The number of aliphatic carboxylic acids is 1. The fourth-order valence-electron chi connectivity index (χ4n) is 2.37. The van der Waals surface area contributed by atoms with Gasteiger partial charge in [-0.3, -0.25) is 9.59 Å². The zero-order valence-electron chi connectivity index (χ0n) is 13.0. The predicted molar refractivity (Wildman–Crippen MR) is 76.2 cm³/mol. The maximum absolute atomic E-state index is 11.8. The van der Waals surface area contributed by atoms with E-state index in [4.69, 9.17) is 5.11 Å². The minimum Gasteiger partial charge on any atom is -0.481 e. The summed E-state index contributed by atoms with van der Waals surface area (Å²) in [7, 11) is 0. The second-order valence-corrected chi connectivity index (χ2v) is 7.53. The van der Waals surface area contributed by atoms with Crippen LogP contribution in [0.25, 0.3) is 0 Å². The molecule has 0 atom stereocenters. The molecule has 0 radical (unpaired) electrons. The van der Waals surface area contributed by atoms with Crippen LogP contribution in [-0.2, 0) is 9.59 Å². The minimum absolute atomic E-state index is 0.0795. The highest BCUT2D eigenvalue weighted by atomic mass is 16.4. The van der Waals surface area contributed by atoms with Crippen molar-refractivity contribution in [2.75, 3.05) is 6.54 Å². The van der Waals surface area contributed by atoms with Gasteiger partial charge in [-0.15, -0.1) is 0 Å². The van der Waals surface area contributed by atoms with E-state index in [2.05, 4.69) is 19.2 Å². The van der Waals surface area contributed by atoms with Crippen LogP contribution in [0.1, 0.15) is 59.8 Å². The molecule has 5 nitrogen and oxygen atoms in total. The first-order chi connectivity index (χ1) is 8.96. The van der Waals surface area contributed by atoms with Crippen molar-refractivity contribution in [3.63, 3.8) is 0 Å². The zero-order chi connectivity index (χ0) is 15.6. The molecule has 20 heavy (non-hydrogen) atoms. The Morgan fingerprint density at radius 3 is 2.10 bits per heavy atom. The van der Waals surface area contributed by atoms with E-state index in [-0.39, 0.29) is 24.3 Å². The molecule has 1 aliphatic rings. The first kappa shape index (κ1) is 17.0. The Morgan fingerprint density at radius 2 is 1.65 bits per heavy atom. The molecule has 0 aliphatic heterocycles. The van der Waals surface area contributed by atoms with Gasteiger partial charge in [0.15, 0.2) is 0 Å². The summed E-state index contributed by atoms with van der Waals surface area (Å²) in [4.78, 5) is 22.8. The van der Waals surface area contributed by atoms with Gasteiger partial charge in [0.1, 0.15) is 0 Å². The lowest BCUT2D eigenvalue weighted by Crippen LogP contribution is -2.47. The molecule has 0 heterocycles. The van der Waals surface area contributed by atoms with Crippen molar-refractivity contribution in [3.05, 3.63) is 0 Å². The first-order valence-electron chi connectivity index (χ1n) is 7.18. The molecule has 0 saturated heterocycles. The average Bonchev–Trinajstić information content (AvgIpc) is 2.31. The van der Waals surface area contributed by atoms with Crippen molar-refractivity contribution >= 4 is 11.9 Å².